The topological polar surface area (TPSA) is 87.2 Å². The number of aliphatic hydroxyl groups is 1. The van der Waals surface area contributed by atoms with E-state index in [-0.39, 0.29) is 17.9 Å². The molecule has 7 heteroatoms. The summed E-state index contributed by atoms with van der Waals surface area (Å²) >= 11 is 6.21. The van der Waals surface area contributed by atoms with Gasteiger partial charge in [-0.2, -0.15) is 5.10 Å². The third-order valence-corrected chi connectivity index (χ3v) is 6.33. The second-order valence-electron chi connectivity index (χ2n) is 7.65. The Hall–Kier alpha value is -1.63. The van der Waals surface area contributed by atoms with Gasteiger partial charge in [-0.3, -0.25) is 9.89 Å². The van der Waals surface area contributed by atoms with E-state index >= 15 is 0 Å². The molecule has 5 rings (SSSR count). The highest BCUT2D eigenvalue weighted by Gasteiger charge is 2.62. The van der Waals surface area contributed by atoms with Gasteiger partial charge >= 0.3 is 0 Å². The Labute approximate surface area is 149 Å². The fourth-order valence-electron chi connectivity index (χ4n) is 4.72. The minimum Gasteiger partial charge on any atom is -0.385 e. The number of H-pyrrole nitrogens is 1. The maximum absolute atomic E-state index is 12.3. The van der Waals surface area contributed by atoms with Crippen LogP contribution in [-0.2, 0) is 15.1 Å². The van der Waals surface area contributed by atoms with Gasteiger partial charge < -0.3 is 15.2 Å². The van der Waals surface area contributed by atoms with Crippen molar-refractivity contribution in [3.05, 3.63) is 28.9 Å². The molecule has 0 spiro atoms. The van der Waals surface area contributed by atoms with Crippen molar-refractivity contribution < 1.29 is 14.6 Å². The zero-order valence-electron chi connectivity index (χ0n) is 13.7. The predicted molar refractivity (Wildman–Crippen MR) is 92.1 cm³/mol. The van der Waals surface area contributed by atoms with E-state index in [1.165, 1.54) is 0 Å². The highest BCUT2D eigenvalue weighted by atomic mass is 35.5. The largest absolute Gasteiger partial charge is 0.385 e. The highest BCUT2D eigenvalue weighted by Crippen LogP contribution is 2.60. The third kappa shape index (κ3) is 2.46. The van der Waals surface area contributed by atoms with Crippen LogP contribution in [0.15, 0.2) is 18.3 Å². The van der Waals surface area contributed by atoms with E-state index in [1.54, 1.807) is 6.20 Å². The Morgan fingerprint density at radius 3 is 2.92 bits per heavy atom. The lowest BCUT2D eigenvalue weighted by Gasteiger charge is -2.27. The van der Waals surface area contributed by atoms with Gasteiger partial charge in [-0.15, -0.1) is 0 Å². The van der Waals surface area contributed by atoms with Crippen molar-refractivity contribution in [3.63, 3.8) is 0 Å². The summed E-state index contributed by atoms with van der Waals surface area (Å²) in [5.41, 5.74) is 0.771. The molecule has 3 N–H and O–H groups in total. The minimum absolute atomic E-state index is 0.0151. The maximum Gasteiger partial charge on any atom is 0.225 e. The summed E-state index contributed by atoms with van der Waals surface area (Å²) in [5.74, 6) is 0.744. The first-order valence-corrected chi connectivity index (χ1v) is 9.16. The number of aromatic amines is 1. The van der Waals surface area contributed by atoms with Crippen LogP contribution in [0.4, 0.5) is 0 Å². The van der Waals surface area contributed by atoms with Crippen LogP contribution >= 0.6 is 11.6 Å². The predicted octanol–water partition coefficient (Wildman–Crippen LogP) is 1.96. The molecular formula is C18H20ClN3O3. The number of carbonyl (C=O) groups excluding carboxylic acids is 1. The summed E-state index contributed by atoms with van der Waals surface area (Å²) < 4.78 is 5.29. The van der Waals surface area contributed by atoms with Gasteiger partial charge in [0, 0.05) is 23.1 Å². The molecule has 3 aliphatic rings. The molecule has 2 aliphatic carbocycles. The number of nitrogens with one attached hydrogen (secondary N) is 2. The fraction of sp³-hybridized carbons (Fsp3) is 0.556. The fourth-order valence-corrected chi connectivity index (χ4v) is 4.94. The number of benzene rings is 1. The number of nitrogens with zero attached hydrogens (tertiary/aromatic N) is 1. The lowest BCUT2D eigenvalue weighted by Crippen LogP contribution is -2.37. The van der Waals surface area contributed by atoms with E-state index < -0.39 is 5.60 Å². The van der Waals surface area contributed by atoms with E-state index in [4.69, 9.17) is 16.3 Å². The quantitative estimate of drug-likeness (QED) is 0.780. The van der Waals surface area contributed by atoms with Gasteiger partial charge in [-0.25, -0.2) is 0 Å². The van der Waals surface area contributed by atoms with Crippen LogP contribution in [-0.4, -0.2) is 40.5 Å². The zero-order valence-corrected chi connectivity index (χ0v) is 14.4. The van der Waals surface area contributed by atoms with Gasteiger partial charge in [-0.1, -0.05) is 11.6 Å². The summed E-state index contributed by atoms with van der Waals surface area (Å²) in [6, 6.07) is 3.85. The molecule has 1 aromatic heterocycles. The van der Waals surface area contributed by atoms with Crippen molar-refractivity contribution in [1.29, 1.82) is 0 Å². The second-order valence-corrected chi connectivity index (χ2v) is 8.08. The minimum atomic E-state index is -0.903. The molecule has 0 bridgehead atoms. The van der Waals surface area contributed by atoms with E-state index in [0.717, 1.165) is 22.9 Å². The van der Waals surface area contributed by atoms with Gasteiger partial charge in [0.15, 0.2) is 0 Å². The number of rotatable bonds is 3. The smallest absolute Gasteiger partial charge is 0.225 e. The number of fused-ring (bicyclic) bond motifs is 2. The van der Waals surface area contributed by atoms with E-state index in [1.807, 2.05) is 12.1 Å². The highest BCUT2D eigenvalue weighted by molar-refractivity contribution is 6.31. The first kappa shape index (κ1) is 15.6. The van der Waals surface area contributed by atoms with Crippen LogP contribution in [0.1, 0.15) is 24.8 Å². The number of halogens is 1. The molecule has 1 amide bonds. The molecule has 1 aliphatic heterocycles. The van der Waals surface area contributed by atoms with Crippen LogP contribution < -0.4 is 5.32 Å². The molecule has 6 nitrogen and oxygen atoms in total. The molecule has 2 saturated carbocycles. The number of amides is 1. The number of carbonyl (C=O) groups is 1. The molecule has 5 atom stereocenters. The molecule has 0 radical (unpaired) electrons. The van der Waals surface area contributed by atoms with E-state index in [9.17, 15) is 9.90 Å². The third-order valence-electron chi connectivity index (χ3n) is 6.11. The monoisotopic (exact) mass is 361 g/mol. The van der Waals surface area contributed by atoms with Crippen LogP contribution in [0.25, 0.3) is 10.9 Å². The SMILES string of the molecule is O=C(N[C@@H]1[C@@H]2C[C@@](O)(c3cc(Cl)cc4[nH]ncc34)C[C@@H]21)C1CCOC1. The Balaban J connectivity index is 1.32. The van der Waals surface area contributed by atoms with Gasteiger partial charge in [0.05, 0.1) is 29.8 Å². The van der Waals surface area contributed by atoms with Crippen molar-refractivity contribution >= 4 is 28.4 Å². The summed E-state index contributed by atoms with van der Waals surface area (Å²) in [4.78, 5) is 12.3. The average Bonchev–Trinajstić information content (AvgIpc) is 3.12. The van der Waals surface area contributed by atoms with Crippen molar-refractivity contribution in [2.75, 3.05) is 13.2 Å². The van der Waals surface area contributed by atoms with Crippen molar-refractivity contribution in [2.45, 2.75) is 30.9 Å². The van der Waals surface area contributed by atoms with Crippen molar-refractivity contribution in [3.8, 4) is 0 Å². The standard InChI is InChI=1S/C18H20ClN3O3/c19-10-3-14(13-7-20-22-15(13)4-10)18(24)5-11-12(6-18)16(11)21-17(23)9-1-2-25-8-9/h3-4,7,9,11-12,16,24H,1-2,5-6,8H2,(H,20,22)(H,21,23)/t9?,11-,12+,16-,18+. The Kier molecular flexibility index (Phi) is 3.39. The first-order valence-electron chi connectivity index (χ1n) is 8.79. The average molecular weight is 362 g/mol. The molecule has 3 fully saturated rings. The van der Waals surface area contributed by atoms with Crippen LogP contribution in [0.5, 0.6) is 0 Å². The van der Waals surface area contributed by atoms with Crippen LogP contribution in [0.3, 0.4) is 0 Å². The van der Waals surface area contributed by atoms with Gasteiger partial charge in [0.1, 0.15) is 0 Å². The lowest BCUT2D eigenvalue weighted by molar-refractivity contribution is -0.125. The molecule has 2 aromatic rings. The summed E-state index contributed by atoms with van der Waals surface area (Å²) in [6.45, 7) is 1.20. The molecular weight excluding hydrogens is 342 g/mol. The molecule has 25 heavy (non-hydrogen) atoms. The van der Waals surface area contributed by atoms with Gasteiger partial charge in [0.25, 0.3) is 0 Å². The zero-order chi connectivity index (χ0) is 17.2. The lowest BCUT2D eigenvalue weighted by atomic mass is 9.86. The number of aromatic nitrogens is 2. The second kappa shape index (κ2) is 5.43. The van der Waals surface area contributed by atoms with E-state index in [0.29, 0.717) is 42.9 Å². The number of ether oxygens (including phenoxy) is 1. The summed E-state index contributed by atoms with van der Waals surface area (Å²) in [6.07, 6.45) is 3.83. The normalized spacial score (nSPS) is 36.6. The maximum atomic E-state index is 12.3. The molecule has 132 valence electrons. The number of hydrogen-bond donors (Lipinski definition) is 3. The molecule has 2 heterocycles. The van der Waals surface area contributed by atoms with Gasteiger partial charge in [0.2, 0.25) is 5.91 Å². The van der Waals surface area contributed by atoms with Crippen molar-refractivity contribution in [2.24, 2.45) is 17.8 Å². The molecule has 1 unspecified atom stereocenters. The van der Waals surface area contributed by atoms with Crippen LogP contribution in [0, 0.1) is 17.8 Å². The number of hydrogen-bond acceptors (Lipinski definition) is 4. The molecule has 1 aromatic carbocycles. The molecule has 1 saturated heterocycles. The Morgan fingerprint density at radius 2 is 2.20 bits per heavy atom. The summed E-state index contributed by atoms with van der Waals surface area (Å²) in [5, 5.41) is 22.9. The summed E-state index contributed by atoms with van der Waals surface area (Å²) in [7, 11) is 0. The Morgan fingerprint density at radius 1 is 1.40 bits per heavy atom. The van der Waals surface area contributed by atoms with E-state index in [2.05, 4.69) is 15.5 Å². The van der Waals surface area contributed by atoms with Crippen molar-refractivity contribution in [1.82, 2.24) is 15.5 Å². The van der Waals surface area contributed by atoms with Crippen LogP contribution in [0.2, 0.25) is 5.02 Å². The van der Waals surface area contributed by atoms with Gasteiger partial charge in [-0.05, 0) is 48.8 Å². The Bertz CT molecular complexity index is 833. The first-order chi connectivity index (χ1) is 12.0.